The van der Waals surface area contributed by atoms with Crippen molar-refractivity contribution in [1.29, 1.82) is 0 Å². The van der Waals surface area contributed by atoms with Crippen LogP contribution < -0.4 is 24.8 Å². The molecule has 25 heavy (non-hydrogen) atoms. The van der Waals surface area contributed by atoms with Crippen LogP contribution in [0.3, 0.4) is 0 Å². The van der Waals surface area contributed by atoms with Crippen molar-refractivity contribution >= 4 is 0 Å². The Morgan fingerprint density at radius 3 is 1.60 bits per heavy atom. The summed E-state index contributed by atoms with van der Waals surface area (Å²) in [5.41, 5.74) is 3.72. The molecule has 4 aliphatic rings. The molecule has 0 nitrogen and oxygen atoms in total. The quantitative estimate of drug-likeness (QED) is 0.533. The molecule has 0 heterocycles. The maximum absolute atomic E-state index is 3.00. The molecule has 6 unspecified atom stereocenters. The predicted octanol–water partition coefficient (Wildman–Crippen LogP) is 0.541. The summed E-state index contributed by atoms with van der Waals surface area (Å²) in [6, 6.07) is 0. The van der Waals surface area contributed by atoms with Gasteiger partial charge in [0.15, 0.2) is 0 Å². The molecule has 6 atom stereocenters. The van der Waals surface area contributed by atoms with E-state index < -0.39 is 23.2 Å². The molecule has 4 rings (SSSR count). The summed E-state index contributed by atoms with van der Waals surface area (Å²) in [5.74, 6) is 3.73. The third-order valence-corrected chi connectivity index (χ3v) is 12.4. The van der Waals surface area contributed by atoms with Crippen molar-refractivity contribution in [2.24, 2.45) is 23.7 Å². The second kappa shape index (κ2) is 10.5. The van der Waals surface area contributed by atoms with Gasteiger partial charge in [0.2, 0.25) is 0 Å². The Balaban J connectivity index is 0.000000755. The number of rotatable bonds is 2. The van der Waals surface area contributed by atoms with Gasteiger partial charge in [0.05, 0.1) is 0 Å². The van der Waals surface area contributed by atoms with Gasteiger partial charge in [-0.15, -0.1) is 13.2 Å². The van der Waals surface area contributed by atoms with E-state index in [1.807, 2.05) is 11.1 Å². The SMILES string of the molecule is C=C.CC1CC2CC=CC=C2[CH]1[Zr+2][CH]1C2=CC=CCC2CC1C.[Cl-].[Cl-]. The molecule has 0 saturated heterocycles. The zero-order valence-corrected chi connectivity index (χ0v) is 19.4. The van der Waals surface area contributed by atoms with E-state index in [0.717, 1.165) is 30.9 Å². The van der Waals surface area contributed by atoms with E-state index in [4.69, 9.17) is 0 Å². The molecular formula is C22H30Cl2Zr. The molecule has 0 amide bonds. The van der Waals surface area contributed by atoms with E-state index in [2.05, 4.69) is 63.5 Å². The maximum Gasteiger partial charge on any atom is -1.00 e. The molecular weight excluding hydrogens is 426 g/mol. The molecule has 0 aromatic heterocycles. The molecule has 0 aromatic carbocycles. The number of fused-ring (bicyclic) bond motifs is 2. The molecule has 2 saturated carbocycles. The van der Waals surface area contributed by atoms with Gasteiger partial charge in [0, 0.05) is 0 Å². The molecule has 136 valence electrons. The van der Waals surface area contributed by atoms with E-state index in [9.17, 15) is 0 Å². The smallest absolute Gasteiger partial charge is 1.00 e. The Hall–Kier alpha value is 0.163. The summed E-state index contributed by atoms with van der Waals surface area (Å²) in [6.45, 7) is 11.1. The minimum absolute atomic E-state index is 0. The van der Waals surface area contributed by atoms with Gasteiger partial charge >= 0.3 is 141 Å². The van der Waals surface area contributed by atoms with Gasteiger partial charge in [-0.05, 0) is 0 Å². The third-order valence-electron chi connectivity index (χ3n) is 6.16. The summed E-state index contributed by atoms with van der Waals surface area (Å²) >= 11 is -0.397. The maximum atomic E-state index is 3.00. The van der Waals surface area contributed by atoms with Gasteiger partial charge in [-0.1, -0.05) is 0 Å². The third kappa shape index (κ3) is 4.72. The van der Waals surface area contributed by atoms with Crippen LogP contribution in [0.1, 0.15) is 39.5 Å². The number of hydrogen-bond donors (Lipinski definition) is 0. The molecule has 0 N–H and O–H groups in total. The minimum Gasteiger partial charge on any atom is -1.00 e. The Bertz CT molecular complexity index is 512. The minimum atomic E-state index is -0.397. The van der Waals surface area contributed by atoms with Crippen molar-refractivity contribution in [3.8, 4) is 0 Å². The summed E-state index contributed by atoms with van der Waals surface area (Å²) in [5, 5.41) is 0. The first kappa shape index (κ1) is 23.2. The molecule has 2 fully saturated rings. The van der Waals surface area contributed by atoms with Gasteiger partial charge in [-0.25, -0.2) is 0 Å². The molecule has 0 spiro atoms. The van der Waals surface area contributed by atoms with Crippen molar-refractivity contribution in [2.75, 3.05) is 0 Å². The Morgan fingerprint density at radius 1 is 0.800 bits per heavy atom. The van der Waals surface area contributed by atoms with E-state index in [1.54, 1.807) is 0 Å². The standard InChI is InChI=1S/2C10H13.C2H4.2ClH.Zr/c2*1-8-6-9-4-2-3-5-10(9)7-8;1-2;;;/h2*2-4,6,8,10H,5,7H2,1H3;1-2H2;2*1H;/q;;;;;+2/p-2. The first-order valence-corrected chi connectivity index (χ1v) is 12.1. The molecule has 0 radical (unpaired) electrons. The van der Waals surface area contributed by atoms with Crippen molar-refractivity contribution in [1.82, 2.24) is 0 Å². The molecule has 0 aliphatic heterocycles. The monoisotopic (exact) mass is 454 g/mol. The first-order valence-electron chi connectivity index (χ1n) is 9.23. The second-order valence-corrected chi connectivity index (χ2v) is 11.5. The van der Waals surface area contributed by atoms with Gasteiger partial charge < -0.3 is 24.8 Å². The normalized spacial score (nSPS) is 37.0. The van der Waals surface area contributed by atoms with Gasteiger partial charge in [-0.2, -0.15) is 0 Å². The van der Waals surface area contributed by atoms with Crippen LogP contribution in [-0.2, 0) is 23.2 Å². The molecule has 0 bridgehead atoms. The molecule has 4 aliphatic carbocycles. The average Bonchev–Trinajstić information content (AvgIpc) is 3.07. The first-order chi connectivity index (χ1) is 11.2. The van der Waals surface area contributed by atoms with Crippen LogP contribution in [0.15, 0.2) is 60.8 Å². The van der Waals surface area contributed by atoms with Gasteiger partial charge in [-0.3, -0.25) is 0 Å². The summed E-state index contributed by atoms with van der Waals surface area (Å²) in [6.07, 6.45) is 20.0. The molecule has 0 aromatic rings. The van der Waals surface area contributed by atoms with Crippen LogP contribution in [-0.4, -0.2) is 0 Å². The topological polar surface area (TPSA) is 0 Å². The van der Waals surface area contributed by atoms with Crippen LogP contribution >= 0.6 is 0 Å². The zero-order chi connectivity index (χ0) is 16.4. The van der Waals surface area contributed by atoms with Crippen LogP contribution in [0.25, 0.3) is 0 Å². The van der Waals surface area contributed by atoms with Crippen LogP contribution in [0.5, 0.6) is 0 Å². The Morgan fingerprint density at radius 2 is 1.20 bits per heavy atom. The predicted molar refractivity (Wildman–Crippen MR) is 97.0 cm³/mol. The van der Waals surface area contributed by atoms with E-state index in [-0.39, 0.29) is 24.8 Å². The van der Waals surface area contributed by atoms with Crippen molar-refractivity contribution in [2.45, 2.75) is 46.8 Å². The second-order valence-electron chi connectivity index (χ2n) is 7.60. The van der Waals surface area contributed by atoms with E-state index in [1.165, 1.54) is 25.7 Å². The van der Waals surface area contributed by atoms with Crippen molar-refractivity contribution in [3.63, 3.8) is 0 Å². The fourth-order valence-corrected chi connectivity index (χ4v) is 10.9. The summed E-state index contributed by atoms with van der Waals surface area (Å²) in [4.78, 5) is 0. The number of halogens is 2. The Labute approximate surface area is 178 Å². The van der Waals surface area contributed by atoms with Gasteiger partial charge in [0.1, 0.15) is 0 Å². The number of hydrogen-bond acceptors (Lipinski definition) is 0. The van der Waals surface area contributed by atoms with Crippen LogP contribution in [0, 0.1) is 23.7 Å². The van der Waals surface area contributed by atoms with Crippen molar-refractivity contribution < 1.29 is 48.0 Å². The Kier molecular flexibility index (Phi) is 9.73. The summed E-state index contributed by atoms with van der Waals surface area (Å²) < 4.78 is 2.03. The number of allylic oxidation sites excluding steroid dienone is 8. The fourth-order valence-electron chi connectivity index (χ4n) is 5.11. The fraction of sp³-hybridized carbons (Fsp3) is 0.545. The van der Waals surface area contributed by atoms with Crippen molar-refractivity contribution in [3.05, 3.63) is 60.8 Å². The van der Waals surface area contributed by atoms with Crippen LogP contribution in [0.4, 0.5) is 0 Å². The van der Waals surface area contributed by atoms with E-state index >= 15 is 0 Å². The zero-order valence-electron chi connectivity index (χ0n) is 15.4. The van der Waals surface area contributed by atoms with E-state index in [0.29, 0.717) is 0 Å². The average molecular weight is 457 g/mol. The van der Waals surface area contributed by atoms with Crippen LogP contribution in [0.2, 0.25) is 7.25 Å². The summed E-state index contributed by atoms with van der Waals surface area (Å²) in [7, 11) is 0. The largest absolute Gasteiger partial charge is 1.00 e. The van der Waals surface area contributed by atoms with Gasteiger partial charge in [0.25, 0.3) is 0 Å². The molecule has 3 heteroatoms.